The molecule has 0 bridgehead atoms. The van der Waals surface area contributed by atoms with E-state index in [1.165, 1.54) is 0 Å². The van der Waals surface area contributed by atoms with Crippen LogP contribution in [0.3, 0.4) is 0 Å². The van der Waals surface area contributed by atoms with Crippen molar-refractivity contribution in [1.29, 1.82) is 0 Å². The highest BCUT2D eigenvalue weighted by molar-refractivity contribution is 5.90. The van der Waals surface area contributed by atoms with E-state index in [9.17, 15) is 19.8 Å². The van der Waals surface area contributed by atoms with Crippen LogP contribution in [0.1, 0.15) is 74.0 Å². The topological polar surface area (TPSA) is 129 Å². The Balaban J connectivity index is 1.37. The van der Waals surface area contributed by atoms with Crippen LogP contribution in [-0.4, -0.2) is 63.9 Å². The molecule has 0 spiro atoms. The second kappa shape index (κ2) is 13.8. The van der Waals surface area contributed by atoms with Gasteiger partial charge in [0.25, 0.3) is 0 Å². The number of anilines is 1. The van der Waals surface area contributed by atoms with Crippen LogP contribution < -0.4 is 5.32 Å². The standard InChI is InChI=1S/C29H38N2O7/c32-19-20-6-8-21(9-7-20)26-16-25(18-31-15-14-24(33)17-31)37-29(38-26)22-10-12-23(13-11-22)30-27(34)4-2-1-3-5-28(35)36/h6-13,24-26,29,32-33H,1-5,14-19H2,(H,30,34)(H,35,36). The van der Waals surface area contributed by atoms with Crippen molar-refractivity contribution in [1.82, 2.24) is 4.90 Å². The predicted octanol–water partition coefficient (Wildman–Crippen LogP) is 3.76. The number of rotatable bonds is 12. The number of aliphatic hydroxyl groups is 2. The number of β-amino-alcohol motifs (C(OH)–C–C–N with tert-alkyl or cyclic N) is 1. The Morgan fingerprint density at radius 2 is 1.66 bits per heavy atom. The number of hydrogen-bond donors (Lipinski definition) is 4. The summed E-state index contributed by atoms with van der Waals surface area (Å²) in [7, 11) is 0. The van der Waals surface area contributed by atoms with E-state index < -0.39 is 12.3 Å². The predicted molar refractivity (Wildman–Crippen MR) is 141 cm³/mol. The van der Waals surface area contributed by atoms with Gasteiger partial charge in [0.15, 0.2) is 6.29 Å². The fourth-order valence-electron chi connectivity index (χ4n) is 4.98. The molecule has 4 rings (SSSR count). The Hall–Kier alpha value is -2.82. The molecule has 4 N–H and O–H groups in total. The Morgan fingerprint density at radius 1 is 0.947 bits per heavy atom. The highest BCUT2D eigenvalue weighted by Gasteiger charge is 2.34. The number of hydrogen-bond acceptors (Lipinski definition) is 7. The number of amides is 1. The fourth-order valence-corrected chi connectivity index (χ4v) is 4.98. The lowest BCUT2D eigenvalue weighted by atomic mass is 9.99. The molecular formula is C29H38N2O7. The largest absolute Gasteiger partial charge is 0.481 e. The number of carbonyl (C=O) groups excluding carboxylic acids is 1. The molecule has 206 valence electrons. The summed E-state index contributed by atoms with van der Waals surface area (Å²) in [5.41, 5.74) is 3.39. The van der Waals surface area contributed by atoms with Crippen LogP contribution in [0.25, 0.3) is 0 Å². The third-order valence-corrected chi connectivity index (χ3v) is 7.09. The zero-order chi connectivity index (χ0) is 26.9. The number of carboxylic acids is 1. The summed E-state index contributed by atoms with van der Waals surface area (Å²) in [5, 5.41) is 30.9. The molecular weight excluding hydrogens is 488 g/mol. The van der Waals surface area contributed by atoms with Crippen LogP contribution in [0, 0.1) is 0 Å². The molecule has 4 atom stereocenters. The van der Waals surface area contributed by atoms with E-state index in [1.54, 1.807) is 0 Å². The first-order valence-electron chi connectivity index (χ1n) is 13.4. The first-order valence-corrected chi connectivity index (χ1v) is 13.4. The molecule has 38 heavy (non-hydrogen) atoms. The molecule has 2 aliphatic heterocycles. The van der Waals surface area contributed by atoms with Gasteiger partial charge in [0.05, 0.1) is 24.9 Å². The number of likely N-dealkylation sites (tertiary alicyclic amines) is 1. The molecule has 0 radical (unpaired) electrons. The number of aliphatic hydroxyl groups excluding tert-OH is 2. The van der Waals surface area contributed by atoms with Crippen LogP contribution >= 0.6 is 0 Å². The van der Waals surface area contributed by atoms with Gasteiger partial charge in [-0.25, -0.2) is 0 Å². The minimum Gasteiger partial charge on any atom is -0.481 e. The number of ether oxygens (including phenoxy) is 2. The van der Waals surface area contributed by atoms with Gasteiger partial charge < -0.3 is 30.1 Å². The van der Waals surface area contributed by atoms with Crippen molar-refractivity contribution < 1.29 is 34.4 Å². The lowest BCUT2D eigenvalue weighted by Crippen LogP contribution is -2.38. The van der Waals surface area contributed by atoms with E-state index >= 15 is 0 Å². The lowest BCUT2D eigenvalue weighted by Gasteiger charge is -2.37. The van der Waals surface area contributed by atoms with E-state index in [-0.39, 0.29) is 37.2 Å². The molecule has 2 fully saturated rings. The Labute approximate surface area is 223 Å². The molecule has 2 aromatic carbocycles. The fraction of sp³-hybridized carbons (Fsp3) is 0.517. The Kier molecular flexibility index (Phi) is 10.3. The summed E-state index contributed by atoms with van der Waals surface area (Å²) in [6.45, 7) is 2.19. The third-order valence-electron chi connectivity index (χ3n) is 7.09. The van der Waals surface area contributed by atoms with Gasteiger partial charge in [-0.15, -0.1) is 0 Å². The van der Waals surface area contributed by atoms with Crippen molar-refractivity contribution in [3.63, 3.8) is 0 Å². The van der Waals surface area contributed by atoms with Crippen molar-refractivity contribution in [2.75, 3.05) is 25.0 Å². The maximum Gasteiger partial charge on any atom is 0.303 e. The van der Waals surface area contributed by atoms with Crippen molar-refractivity contribution in [3.8, 4) is 0 Å². The number of unbranched alkanes of at least 4 members (excludes halogenated alkanes) is 2. The second-order valence-electron chi connectivity index (χ2n) is 10.2. The monoisotopic (exact) mass is 526 g/mol. The SMILES string of the molecule is O=C(O)CCCCCC(=O)Nc1ccc(C2OC(CN3CCC(O)C3)CC(c3ccc(CO)cc3)O2)cc1. The van der Waals surface area contributed by atoms with Crippen molar-refractivity contribution in [2.24, 2.45) is 0 Å². The molecule has 2 aliphatic rings. The highest BCUT2D eigenvalue weighted by atomic mass is 16.7. The van der Waals surface area contributed by atoms with Crippen molar-refractivity contribution in [3.05, 3.63) is 65.2 Å². The molecule has 0 aliphatic carbocycles. The van der Waals surface area contributed by atoms with Gasteiger partial charge in [0, 0.05) is 50.1 Å². The molecule has 4 unspecified atom stereocenters. The number of carboxylic acid groups (broad SMARTS) is 1. The quantitative estimate of drug-likeness (QED) is 0.308. The van der Waals surface area contributed by atoms with Gasteiger partial charge in [-0.3, -0.25) is 14.5 Å². The molecule has 9 nitrogen and oxygen atoms in total. The van der Waals surface area contributed by atoms with Crippen LogP contribution in [0.5, 0.6) is 0 Å². The van der Waals surface area contributed by atoms with Crippen molar-refractivity contribution in [2.45, 2.75) is 76.2 Å². The van der Waals surface area contributed by atoms with Gasteiger partial charge in [-0.05, 0) is 42.5 Å². The zero-order valence-electron chi connectivity index (χ0n) is 21.6. The van der Waals surface area contributed by atoms with Gasteiger partial charge in [0.1, 0.15) is 0 Å². The summed E-state index contributed by atoms with van der Waals surface area (Å²) in [6, 6.07) is 15.2. The number of nitrogens with zero attached hydrogens (tertiary/aromatic N) is 1. The third kappa shape index (κ3) is 8.34. The maximum atomic E-state index is 12.3. The molecule has 9 heteroatoms. The molecule has 2 aromatic rings. The van der Waals surface area contributed by atoms with E-state index in [4.69, 9.17) is 14.6 Å². The summed E-state index contributed by atoms with van der Waals surface area (Å²) in [6.07, 6.45) is 2.72. The summed E-state index contributed by atoms with van der Waals surface area (Å²) < 4.78 is 12.7. The highest BCUT2D eigenvalue weighted by Crippen LogP contribution is 2.38. The van der Waals surface area contributed by atoms with E-state index in [1.807, 2.05) is 48.5 Å². The van der Waals surface area contributed by atoms with Gasteiger partial charge in [-0.2, -0.15) is 0 Å². The minimum atomic E-state index is -0.812. The Morgan fingerprint density at radius 3 is 2.32 bits per heavy atom. The smallest absolute Gasteiger partial charge is 0.303 e. The van der Waals surface area contributed by atoms with E-state index in [2.05, 4.69) is 10.2 Å². The number of benzene rings is 2. The average molecular weight is 527 g/mol. The van der Waals surface area contributed by atoms with E-state index in [0.29, 0.717) is 50.9 Å². The number of nitrogens with one attached hydrogen (secondary N) is 1. The number of carbonyl (C=O) groups is 2. The first-order chi connectivity index (χ1) is 18.4. The van der Waals surface area contributed by atoms with Crippen LogP contribution in [0.4, 0.5) is 5.69 Å². The van der Waals surface area contributed by atoms with Crippen LogP contribution in [-0.2, 0) is 25.7 Å². The number of aliphatic carboxylic acids is 1. The maximum absolute atomic E-state index is 12.3. The van der Waals surface area contributed by atoms with Gasteiger partial charge in [-0.1, -0.05) is 42.8 Å². The van der Waals surface area contributed by atoms with Crippen molar-refractivity contribution >= 4 is 17.6 Å². The lowest BCUT2D eigenvalue weighted by molar-refractivity contribution is -0.252. The second-order valence-corrected chi connectivity index (χ2v) is 10.2. The average Bonchev–Trinajstić information content (AvgIpc) is 3.32. The van der Waals surface area contributed by atoms with E-state index in [0.717, 1.165) is 29.7 Å². The molecule has 1 amide bonds. The molecule has 0 saturated carbocycles. The van der Waals surface area contributed by atoms with Gasteiger partial charge in [0.2, 0.25) is 5.91 Å². The van der Waals surface area contributed by atoms with Crippen LogP contribution in [0.2, 0.25) is 0 Å². The summed E-state index contributed by atoms with van der Waals surface area (Å²) >= 11 is 0. The molecule has 0 aromatic heterocycles. The van der Waals surface area contributed by atoms with Gasteiger partial charge >= 0.3 is 5.97 Å². The zero-order valence-corrected chi connectivity index (χ0v) is 21.6. The Bertz CT molecular complexity index is 1040. The summed E-state index contributed by atoms with van der Waals surface area (Å²) in [5.74, 6) is -0.912. The minimum absolute atomic E-state index is 0.00887. The normalized spacial score (nSPS) is 23.8. The molecule has 2 saturated heterocycles. The van der Waals surface area contributed by atoms with Crippen LogP contribution in [0.15, 0.2) is 48.5 Å². The first kappa shape index (κ1) is 28.2. The molecule has 2 heterocycles. The summed E-state index contributed by atoms with van der Waals surface area (Å²) in [4.78, 5) is 25.1.